The molecule has 1 N–H and O–H groups in total. The van der Waals surface area contributed by atoms with Crippen LogP contribution in [-0.2, 0) is 10.0 Å². The summed E-state index contributed by atoms with van der Waals surface area (Å²) in [6.07, 6.45) is 2.48. The molecule has 0 aliphatic rings. The average Bonchev–Trinajstić information content (AvgIpc) is 3.16. The van der Waals surface area contributed by atoms with Gasteiger partial charge in [-0.3, -0.25) is 4.40 Å². The zero-order chi connectivity index (χ0) is 16.4. The molecule has 8 heteroatoms. The Morgan fingerprint density at radius 2 is 2.04 bits per heavy atom. The van der Waals surface area contributed by atoms with Gasteiger partial charge in [-0.05, 0) is 35.9 Å². The van der Waals surface area contributed by atoms with Crippen LogP contribution >= 0.6 is 11.3 Å². The molecule has 0 fully saturated rings. The van der Waals surface area contributed by atoms with Crippen LogP contribution in [0.25, 0.3) is 5.65 Å². The molecular weight excluding hydrogens is 332 g/mol. The van der Waals surface area contributed by atoms with Crippen LogP contribution in [0.1, 0.15) is 32.1 Å². The molecule has 6 nitrogen and oxygen atoms in total. The van der Waals surface area contributed by atoms with Gasteiger partial charge < -0.3 is 0 Å². The molecule has 1 atom stereocenters. The lowest BCUT2D eigenvalue weighted by Gasteiger charge is -2.18. The van der Waals surface area contributed by atoms with Gasteiger partial charge in [-0.2, -0.15) is 4.72 Å². The predicted octanol–water partition coefficient (Wildman–Crippen LogP) is 2.86. The highest BCUT2D eigenvalue weighted by atomic mass is 32.2. The molecule has 0 saturated heterocycles. The Labute approximate surface area is 139 Å². The lowest BCUT2D eigenvalue weighted by Crippen LogP contribution is -2.30. The third-order valence-electron chi connectivity index (χ3n) is 3.42. The summed E-state index contributed by atoms with van der Waals surface area (Å²) in [6, 6.07) is 8.49. The summed E-state index contributed by atoms with van der Waals surface area (Å²) in [5.74, 6) is 0.913. The number of thiophene rings is 1. The van der Waals surface area contributed by atoms with Crippen molar-refractivity contribution in [2.75, 3.05) is 0 Å². The topological polar surface area (TPSA) is 76.4 Å². The van der Waals surface area contributed by atoms with Crippen LogP contribution in [0.3, 0.4) is 0 Å². The van der Waals surface area contributed by atoms with Gasteiger partial charge in [0.15, 0.2) is 11.5 Å². The molecule has 3 aromatic heterocycles. The van der Waals surface area contributed by atoms with Gasteiger partial charge in [0.05, 0.1) is 6.04 Å². The van der Waals surface area contributed by atoms with E-state index in [-0.39, 0.29) is 0 Å². The molecule has 0 amide bonds. The number of aromatic nitrogens is 3. The van der Waals surface area contributed by atoms with Crippen LogP contribution in [0.5, 0.6) is 0 Å². The highest BCUT2D eigenvalue weighted by molar-refractivity contribution is 7.91. The fourth-order valence-corrected chi connectivity index (χ4v) is 4.65. The zero-order valence-corrected chi connectivity index (χ0v) is 14.5. The van der Waals surface area contributed by atoms with E-state index in [0.717, 1.165) is 0 Å². The van der Waals surface area contributed by atoms with Crippen molar-refractivity contribution in [2.45, 2.75) is 30.5 Å². The molecule has 3 heterocycles. The number of nitrogens with zero attached hydrogens (tertiary/aromatic N) is 3. The second kappa shape index (κ2) is 6.38. The average molecular weight is 350 g/mol. The highest BCUT2D eigenvalue weighted by Crippen LogP contribution is 2.24. The number of hydrogen-bond donors (Lipinski definition) is 1. The van der Waals surface area contributed by atoms with Crippen molar-refractivity contribution in [1.29, 1.82) is 0 Å². The van der Waals surface area contributed by atoms with Gasteiger partial charge in [0, 0.05) is 6.20 Å². The van der Waals surface area contributed by atoms with Crippen LogP contribution in [-0.4, -0.2) is 23.0 Å². The molecule has 0 radical (unpaired) electrons. The summed E-state index contributed by atoms with van der Waals surface area (Å²) in [5.41, 5.74) is 0.701. The number of fused-ring (bicyclic) bond motifs is 1. The standard InChI is InChI=1S/C15H18N4O2S2/c1-11(2)10-12(18-23(20,21)14-7-5-9-22-14)15-17-16-13-6-3-4-8-19(13)15/h3-9,11-12,18H,10H2,1-2H3. The Bertz CT molecular complexity index is 885. The normalized spacial score (nSPS) is 13.7. The van der Waals surface area contributed by atoms with Crippen molar-refractivity contribution < 1.29 is 8.42 Å². The molecule has 3 rings (SSSR count). The molecule has 0 spiro atoms. The van der Waals surface area contributed by atoms with Crippen molar-refractivity contribution in [2.24, 2.45) is 5.92 Å². The second-order valence-electron chi connectivity index (χ2n) is 5.72. The number of sulfonamides is 1. The number of hydrogen-bond acceptors (Lipinski definition) is 5. The van der Waals surface area contributed by atoms with Crippen LogP contribution in [0, 0.1) is 5.92 Å². The third-order valence-corrected chi connectivity index (χ3v) is 6.29. The fraction of sp³-hybridized carbons (Fsp3) is 0.333. The molecule has 0 bridgehead atoms. The number of nitrogens with one attached hydrogen (secondary N) is 1. The van der Waals surface area contributed by atoms with Crippen LogP contribution in [0.4, 0.5) is 0 Å². The molecule has 23 heavy (non-hydrogen) atoms. The van der Waals surface area contributed by atoms with Crippen molar-refractivity contribution in [1.82, 2.24) is 19.3 Å². The van der Waals surface area contributed by atoms with E-state index >= 15 is 0 Å². The summed E-state index contributed by atoms with van der Waals surface area (Å²) in [4.78, 5) is 0. The van der Waals surface area contributed by atoms with Crippen molar-refractivity contribution in [3.8, 4) is 0 Å². The maximum absolute atomic E-state index is 12.6. The van der Waals surface area contributed by atoms with E-state index in [9.17, 15) is 8.42 Å². The molecule has 0 saturated carbocycles. The van der Waals surface area contributed by atoms with Gasteiger partial charge in [0.25, 0.3) is 10.0 Å². The minimum absolute atomic E-state index is 0.306. The van der Waals surface area contributed by atoms with Crippen LogP contribution in [0.2, 0.25) is 0 Å². The summed E-state index contributed by atoms with van der Waals surface area (Å²) in [7, 11) is -3.57. The van der Waals surface area contributed by atoms with Gasteiger partial charge in [0.1, 0.15) is 4.21 Å². The quantitative estimate of drug-likeness (QED) is 0.742. The lowest BCUT2D eigenvalue weighted by molar-refractivity contribution is 0.454. The summed E-state index contributed by atoms with van der Waals surface area (Å²) in [6.45, 7) is 4.10. The molecule has 0 aliphatic carbocycles. The van der Waals surface area contributed by atoms with Crippen molar-refractivity contribution >= 4 is 27.0 Å². The SMILES string of the molecule is CC(C)CC(NS(=O)(=O)c1cccs1)c1nnc2ccccn12. The van der Waals surface area contributed by atoms with E-state index in [0.29, 0.717) is 28.0 Å². The van der Waals surface area contributed by atoms with Crippen LogP contribution in [0.15, 0.2) is 46.1 Å². The molecule has 0 aliphatic heterocycles. The lowest BCUT2D eigenvalue weighted by atomic mass is 10.0. The first-order valence-corrected chi connectivity index (χ1v) is 9.69. The molecular formula is C15H18N4O2S2. The molecule has 1 unspecified atom stereocenters. The van der Waals surface area contributed by atoms with E-state index < -0.39 is 16.1 Å². The van der Waals surface area contributed by atoms with Gasteiger partial charge in [-0.25, -0.2) is 8.42 Å². The predicted molar refractivity (Wildman–Crippen MR) is 89.8 cm³/mol. The van der Waals surface area contributed by atoms with Gasteiger partial charge in [0.2, 0.25) is 0 Å². The third kappa shape index (κ3) is 3.44. The molecule has 122 valence electrons. The first kappa shape index (κ1) is 16.1. The minimum Gasteiger partial charge on any atom is -0.285 e. The Balaban J connectivity index is 1.98. The maximum Gasteiger partial charge on any atom is 0.250 e. The monoisotopic (exact) mass is 350 g/mol. The summed E-state index contributed by atoms with van der Waals surface area (Å²) in [5, 5.41) is 10.1. The van der Waals surface area contributed by atoms with E-state index in [4.69, 9.17) is 0 Å². The zero-order valence-electron chi connectivity index (χ0n) is 12.9. The van der Waals surface area contributed by atoms with E-state index in [1.165, 1.54) is 11.3 Å². The molecule has 0 aromatic carbocycles. The Hall–Kier alpha value is -1.77. The fourth-order valence-electron chi connectivity index (χ4n) is 2.44. The van der Waals surface area contributed by atoms with Crippen molar-refractivity contribution in [3.05, 3.63) is 47.7 Å². The second-order valence-corrected chi connectivity index (χ2v) is 8.61. The summed E-state index contributed by atoms with van der Waals surface area (Å²) >= 11 is 1.20. The number of pyridine rings is 1. The Morgan fingerprint density at radius 1 is 1.22 bits per heavy atom. The number of rotatable bonds is 6. The van der Waals surface area contributed by atoms with Crippen LogP contribution < -0.4 is 4.72 Å². The van der Waals surface area contributed by atoms with Gasteiger partial charge >= 0.3 is 0 Å². The van der Waals surface area contributed by atoms with Crippen molar-refractivity contribution in [3.63, 3.8) is 0 Å². The van der Waals surface area contributed by atoms with Gasteiger partial charge in [-0.1, -0.05) is 26.0 Å². The smallest absolute Gasteiger partial charge is 0.250 e. The first-order valence-electron chi connectivity index (χ1n) is 7.33. The Morgan fingerprint density at radius 3 is 2.74 bits per heavy atom. The minimum atomic E-state index is -3.57. The maximum atomic E-state index is 12.6. The van der Waals surface area contributed by atoms with E-state index in [1.807, 2.05) is 28.8 Å². The van der Waals surface area contributed by atoms with E-state index in [1.54, 1.807) is 17.5 Å². The molecule has 3 aromatic rings. The van der Waals surface area contributed by atoms with E-state index in [2.05, 4.69) is 28.8 Å². The first-order chi connectivity index (χ1) is 11.0. The summed E-state index contributed by atoms with van der Waals surface area (Å²) < 4.78 is 30.0. The largest absolute Gasteiger partial charge is 0.285 e. The van der Waals surface area contributed by atoms with Gasteiger partial charge in [-0.15, -0.1) is 21.5 Å². The highest BCUT2D eigenvalue weighted by Gasteiger charge is 2.26. The Kier molecular flexibility index (Phi) is 4.47.